The molecular weight excluding hydrogens is 1640 g/mol. The van der Waals surface area contributed by atoms with E-state index in [2.05, 4.69) is 324 Å². The predicted octanol–water partition coefficient (Wildman–Crippen LogP) is 33.1. The molecule has 0 bridgehead atoms. The Morgan fingerprint density at radius 2 is 0.588 bits per heavy atom. The van der Waals surface area contributed by atoms with Crippen molar-refractivity contribution in [2.75, 3.05) is 9.80 Å². The van der Waals surface area contributed by atoms with Crippen molar-refractivity contribution in [2.24, 2.45) is 0 Å². The molecule has 0 fully saturated rings. The average molecular weight is 1740 g/mol. The smallest absolute Gasteiger partial charge is 0.252 e. The molecule has 0 saturated heterocycles. The van der Waals surface area contributed by atoms with E-state index in [1.165, 1.54) is 0 Å². The van der Waals surface area contributed by atoms with Crippen molar-refractivity contribution in [3.05, 3.63) is 485 Å². The van der Waals surface area contributed by atoms with E-state index in [0.29, 0.717) is 45.3 Å². The summed E-state index contributed by atoms with van der Waals surface area (Å²) in [7, 11) is 0. The first-order valence-electron chi connectivity index (χ1n) is 53.1. The summed E-state index contributed by atoms with van der Waals surface area (Å²) in [5.74, 6) is 0. The summed E-state index contributed by atoms with van der Waals surface area (Å²) in [6.45, 7) is -0.862. The fourth-order valence-electron chi connectivity index (χ4n) is 22.7. The topological polar surface area (TPSA) is 20.8 Å². The maximum Gasteiger partial charge on any atom is 0.252 e. The van der Waals surface area contributed by atoms with Gasteiger partial charge in [0.1, 0.15) is 0 Å². The largest absolute Gasteiger partial charge is 0.310 e. The third-order valence-corrected chi connectivity index (χ3v) is 28.5. The lowest BCUT2D eigenvalue weighted by Crippen LogP contribution is -2.61. The van der Waals surface area contributed by atoms with Crippen LogP contribution in [0.25, 0.3) is 225 Å². The quantitative estimate of drug-likeness (QED) is 0.0898. The molecule has 628 valence electrons. The standard InChI is InChI=1S/C130H80BN5/c1-6-32-81(33-7-1)87-60-65-104-101-50-24-27-57-117(101)132(121(104)75-87)93-63-67-115-123(79-93)135(129-107(112-71-89-42-16-18-44-95(89)97-46-20-22-48-99(97)112)54-31-55-108(129)113-72-90-43-17-19-45-96(90)98-47-21-23-49-100(98)113)125-77-92(86-62-69-120-114(70-86)109-56-30-53-106-103-52-26-29-59-119(103)134(120)128(106)109)78-126-127(125)131(115)116-68-64-94(133-118-58-28-25-51-102(118)105-66-61-88(76-122(105)133)82-34-8-2-9-35-82)80-124(116)136(126)130-110(84-38-12-4-13-39-84)73-91(83-36-10-3-11-37-83)74-111(130)85-40-14-5-15-41-85/h1-80H/i24D,25D,27D,28D,50D,51D,57D,58D,60D,61D,65D,66D,75D,76D. The van der Waals surface area contributed by atoms with Gasteiger partial charge in [0.25, 0.3) is 6.71 Å². The third kappa shape index (κ3) is 11.4. The molecule has 0 saturated carbocycles. The maximum atomic E-state index is 10.9. The second kappa shape index (κ2) is 29.8. The van der Waals surface area contributed by atoms with Crippen LogP contribution in [-0.4, -0.2) is 20.2 Å². The fourth-order valence-corrected chi connectivity index (χ4v) is 22.7. The van der Waals surface area contributed by atoms with Gasteiger partial charge in [0.05, 0.1) is 69.2 Å². The van der Waals surface area contributed by atoms with Crippen LogP contribution in [0.15, 0.2) is 485 Å². The Kier molecular flexibility index (Phi) is 13.9. The predicted molar refractivity (Wildman–Crippen MR) is 577 cm³/mol. The first-order chi connectivity index (χ1) is 73.3. The molecule has 0 spiro atoms. The Labute approximate surface area is 805 Å². The average Bonchev–Trinajstić information content (AvgIpc) is 0.949. The molecule has 0 aliphatic carbocycles. The molecule has 4 aromatic heterocycles. The normalized spacial score (nSPS) is 14.0. The zero-order valence-electron chi connectivity index (χ0n) is 86.9. The Morgan fingerprint density at radius 1 is 0.199 bits per heavy atom. The summed E-state index contributed by atoms with van der Waals surface area (Å²) >= 11 is 0. The highest BCUT2D eigenvalue weighted by atomic mass is 15.2. The molecule has 27 aromatic rings. The molecule has 136 heavy (non-hydrogen) atoms. The summed E-state index contributed by atoms with van der Waals surface area (Å²) in [5, 5.41) is 12.4. The van der Waals surface area contributed by atoms with E-state index in [-0.39, 0.29) is 91.0 Å². The first-order valence-corrected chi connectivity index (χ1v) is 46.1. The summed E-state index contributed by atoms with van der Waals surface area (Å²) in [6.07, 6.45) is 0. The van der Waals surface area contributed by atoms with Crippen molar-refractivity contribution in [3.63, 3.8) is 0 Å². The van der Waals surface area contributed by atoms with Gasteiger partial charge in [0.15, 0.2) is 0 Å². The Bertz CT molecular complexity index is 10400. The Hall–Kier alpha value is -17.8. The number of nitrogens with zero attached hydrogens (tertiary/aromatic N) is 5. The summed E-state index contributed by atoms with van der Waals surface area (Å²) in [4.78, 5) is 4.88. The van der Waals surface area contributed by atoms with Crippen molar-refractivity contribution in [1.82, 2.24) is 13.5 Å². The minimum absolute atomic E-state index is 0.000639. The highest BCUT2D eigenvalue weighted by Crippen LogP contribution is 2.58. The van der Waals surface area contributed by atoms with E-state index in [1.54, 1.807) is 21.3 Å². The van der Waals surface area contributed by atoms with Gasteiger partial charge in [-0.3, -0.25) is 0 Å². The number of hydrogen-bond acceptors (Lipinski definition) is 2. The van der Waals surface area contributed by atoms with E-state index in [4.69, 9.17) is 0 Å². The number of para-hydroxylation sites is 5. The van der Waals surface area contributed by atoms with Crippen molar-refractivity contribution in [2.45, 2.75) is 0 Å². The van der Waals surface area contributed by atoms with Crippen molar-refractivity contribution in [1.29, 1.82) is 0 Å². The minimum Gasteiger partial charge on any atom is -0.310 e. The lowest BCUT2D eigenvalue weighted by molar-refractivity contribution is 1.17. The summed E-state index contributed by atoms with van der Waals surface area (Å²) in [6, 6.07) is 133. The highest BCUT2D eigenvalue weighted by Gasteiger charge is 2.47. The summed E-state index contributed by atoms with van der Waals surface area (Å²) in [5.41, 5.74) is 22.2. The Balaban J connectivity index is 0.842. The van der Waals surface area contributed by atoms with E-state index in [0.717, 1.165) is 176 Å². The molecule has 0 atom stereocenters. The second-order valence-corrected chi connectivity index (χ2v) is 35.7. The van der Waals surface area contributed by atoms with Crippen LogP contribution in [0.4, 0.5) is 34.1 Å². The van der Waals surface area contributed by atoms with E-state index in [9.17, 15) is 19.2 Å². The molecule has 2 aliphatic heterocycles. The molecule has 2 aliphatic rings. The SMILES string of the molecule is [2H]c1c([2H])c([2H])c2c(c1[2H])c1c([2H])c([2H])c(-c3ccccc3)c([2H])c1n2-c1ccc2c(c1)N(c1c(-c3ccccc3)cc(-c3ccccc3)cc1-c1ccccc1)c1cc(-c3ccc4c(c3)c3cccc5c6ccccc6n4c53)cc3c1B2c1ccc(-n2c4c([2H])c([2H])c([2H])c([2H])c4c4c([2H])c([2H])c(-c5ccccc5)c([2H])c42)cc1N3c1c(-c2cc3ccccc3c3ccccc23)cccc1-c1cc2ccccc2c2ccccc12. The molecule has 0 amide bonds. The van der Waals surface area contributed by atoms with Crippen LogP contribution in [0.1, 0.15) is 19.2 Å². The van der Waals surface area contributed by atoms with Gasteiger partial charge in [0, 0.05) is 99.5 Å². The van der Waals surface area contributed by atoms with Crippen LogP contribution in [0, 0.1) is 0 Å². The van der Waals surface area contributed by atoms with Crippen molar-refractivity contribution < 1.29 is 19.2 Å². The molecule has 6 heterocycles. The maximum absolute atomic E-state index is 10.9. The number of rotatable bonds is 12. The zero-order chi connectivity index (χ0) is 101. The van der Waals surface area contributed by atoms with Crippen LogP contribution >= 0.6 is 0 Å². The highest BCUT2D eigenvalue weighted by molar-refractivity contribution is 7.00. The number of anilines is 6. The second-order valence-electron chi connectivity index (χ2n) is 35.7. The van der Waals surface area contributed by atoms with Gasteiger partial charge in [-0.25, -0.2) is 0 Å². The van der Waals surface area contributed by atoms with E-state index >= 15 is 0 Å². The molecule has 0 N–H and O–H groups in total. The lowest BCUT2D eigenvalue weighted by Gasteiger charge is -2.46. The zero-order valence-corrected chi connectivity index (χ0v) is 72.9. The van der Waals surface area contributed by atoms with Crippen LogP contribution in [0.2, 0.25) is 0 Å². The number of fused-ring (bicyclic) bond motifs is 22. The van der Waals surface area contributed by atoms with Gasteiger partial charge in [-0.2, -0.15) is 0 Å². The van der Waals surface area contributed by atoms with Crippen LogP contribution in [0.3, 0.4) is 0 Å². The van der Waals surface area contributed by atoms with Gasteiger partial charge in [-0.15, -0.1) is 0 Å². The lowest BCUT2D eigenvalue weighted by atomic mass is 9.33. The van der Waals surface area contributed by atoms with Crippen molar-refractivity contribution >= 4 is 182 Å². The molecule has 29 rings (SSSR count). The monoisotopic (exact) mass is 1740 g/mol. The molecule has 6 heteroatoms. The van der Waals surface area contributed by atoms with Gasteiger partial charge in [-0.05, 0) is 229 Å². The number of aromatic nitrogens is 3. The third-order valence-electron chi connectivity index (χ3n) is 28.5. The molecule has 0 unspecified atom stereocenters. The van der Waals surface area contributed by atoms with E-state index in [1.807, 2.05) is 78.9 Å². The first kappa shape index (κ1) is 63.2. The fraction of sp³-hybridized carbons (Fsp3) is 0. The minimum atomic E-state index is -0.862. The van der Waals surface area contributed by atoms with Gasteiger partial charge >= 0.3 is 0 Å². The van der Waals surface area contributed by atoms with Gasteiger partial charge in [0.2, 0.25) is 0 Å². The van der Waals surface area contributed by atoms with Crippen LogP contribution < -0.4 is 26.2 Å². The van der Waals surface area contributed by atoms with E-state index < -0.39 is 55.1 Å². The molecule has 0 radical (unpaired) electrons. The Morgan fingerprint density at radius 3 is 1.10 bits per heavy atom. The number of benzene rings is 23. The summed E-state index contributed by atoms with van der Waals surface area (Å²) < 4.78 is 148. The van der Waals surface area contributed by atoms with Crippen LogP contribution in [0.5, 0.6) is 0 Å². The molecular formula is C130H80BN5. The van der Waals surface area contributed by atoms with Gasteiger partial charge < -0.3 is 23.3 Å². The van der Waals surface area contributed by atoms with Crippen LogP contribution in [-0.2, 0) is 0 Å². The molecule has 23 aromatic carbocycles. The van der Waals surface area contributed by atoms with Gasteiger partial charge in [-0.1, -0.05) is 382 Å². The molecule has 5 nitrogen and oxygen atoms in total. The number of hydrogen-bond donors (Lipinski definition) is 0. The van der Waals surface area contributed by atoms with Crippen molar-refractivity contribution in [3.8, 4) is 100 Å².